The van der Waals surface area contributed by atoms with Gasteiger partial charge in [-0.2, -0.15) is 0 Å². The second-order valence-corrected chi connectivity index (χ2v) is 6.73. The van der Waals surface area contributed by atoms with Crippen LogP contribution in [0, 0.1) is 0 Å². The topological polar surface area (TPSA) is 83.8 Å². The van der Waals surface area contributed by atoms with Gasteiger partial charge >= 0.3 is 0 Å². The molecule has 7 heteroatoms. The van der Waals surface area contributed by atoms with Crippen LogP contribution in [-0.2, 0) is 6.42 Å². The van der Waals surface area contributed by atoms with Crippen LogP contribution in [0.15, 0.2) is 35.5 Å². The molecule has 0 bridgehead atoms. The normalized spacial score (nSPS) is 19.0. The van der Waals surface area contributed by atoms with Crippen molar-refractivity contribution in [2.75, 3.05) is 27.5 Å². The number of likely N-dealkylation sites (N-methyl/N-ethyl adjacent to an activating group) is 1. The largest absolute Gasteiger partial charge is 0.507 e. The van der Waals surface area contributed by atoms with Crippen molar-refractivity contribution in [3.8, 4) is 23.0 Å². The number of hydrogen-bond donors (Lipinski definition) is 2. The zero-order valence-electron chi connectivity index (χ0n) is 15.3. The first-order chi connectivity index (χ1) is 13.1. The number of aromatic hydroxyl groups is 1. The molecule has 0 saturated carbocycles. The predicted octanol–water partition coefficient (Wildman–Crippen LogP) is 2.93. The zero-order valence-corrected chi connectivity index (χ0v) is 15.3. The lowest BCUT2D eigenvalue weighted by molar-refractivity contribution is 0.170. The molecule has 2 aliphatic rings. The van der Waals surface area contributed by atoms with E-state index in [0.29, 0.717) is 34.9 Å². The van der Waals surface area contributed by atoms with Crippen LogP contribution in [0.25, 0.3) is 0 Å². The highest BCUT2D eigenvalue weighted by Gasteiger charge is 2.35. The van der Waals surface area contributed by atoms with E-state index in [0.717, 1.165) is 24.1 Å². The number of para-hydroxylation sites is 1. The van der Waals surface area contributed by atoms with Gasteiger partial charge in [-0.15, -0.1) is 0 Å². The Labute approximate surface area is 157 Å². The maximum atomic E-state index is 10.2. The van der Waals surface area contributed by atoms with Gasteiger partial charge in [-0.25, -0.2) is 0 Å². The molecule has 2 aliphatic heterocycles. The highest BCUT2D eigenvalue weighted by Crippen LogP contribution is 2.50. The minimum atomic E-state index is -0.0938. The van der Waals surface area contributed by atoms with E-state index in [2.05, 4.69) is 10.1 Å². The molecular weight excluding hydrogens is 348 g/mol. The summed E-state index contributed by atoms with van der Waals surface area (Å²) in [7, 11) is 3.64. The fraction of sp³-hybridized carbons (Fsp3) is 0.350. The van der Waals surface area contributed by atoms with Crippen molar-refractivity contribution in [2.24, 2.45) is 5.16 Å². The number of hydrogen-bond acceptors (Lipinski definition) is 7. The second kappa shape index (κ2) is 7.00. The third-order valence-corrected chi connectivity index (χ3v) is 5.27. The van der Waals surface area contributed by atoms with Crippen LogP contribution in [0.4, 0.5) is 0 Å². The van der Waals surface area contributed by atoms with Crippen molar-refractivity contribution in [1.82, 2.24) is 4.90 Å². The standard InChI is InChI=1S/C20H22N2O5/c1-22-8-7-12-9-17-19(27-11-26-17)20(25-2)18(12)15(22)10-14(21-24)13-5-3-4-6-16(13)23/h3-6,9,15,23-24H,7-8,10-11H2,1-2H3/t15-/m1/s1. The summed E-state index contributed by atoms with van der Waals surface area (Å²) in [5.74, 6) is 2.06. The number of phenolic OH excluding ortho intramolecular Hbond substituents is 1. The number of fused-ring (bicyclic) bond motifs is 2. The summed E-state index contributed by atoms with van der Waals surface area (Å²) in [5, 5.41) is 23.3. The molecule has 2 N–H and O–H groups in total. The van der Waals surface area contributed by atoms with Crippen LogP contribution in [-0.4, -0.2) is 48.4 Å². The van der Waals surface area contributed by atoms with Gasteiger partial charge in [0.25, 0.3) is 0 Å². The Hall–Kier alpha value is -2.93. The highest BCUT2D eigenvalue weighted by atomic mass is 16.7. The van der Waals surface area contributed by atoms with Gasteiger partial charge in [-0.1, -0.05) is 17.3 Å². The van der Waals surface area contributed by atoms with E-state index in [1.54, 1.807) is 31.4 Å². The maximum absolute atomic E-state index is 10.2. The van der Waals surface area contributed by atoms with E-state index in [-0.39, 0.29) is 18.6 Å². The highest BCUT2D eigenvalue weighted by molar-refractivity contribution is 6.02. The number of phenols is 1. The number of rotatable bonds is 4. The molecule has 7 nitrogen and oxygen atoms in total. The number of oxime groups is 1. The van der Waals surface area contributed by atoms with E-state index in [9.17, 15) is 10.3 Å². The smallest absolute Gasteiger partial charge is 0.231 e. The third-order valence-electron chi connectivity index (χ3n) is 5.27. The summed E-state index contributed by atoms with van der Waals surface area (Å²) in [6.45, 7) is 1.02. The van der Waals surface area contributed by atoms with E-state index in [1.165, 1.54) is 0 Å². The van der Waals surface area contributed by atoms with E-state index >= 15 is 0 Å². The Balaban J connectivity index is 1.78. The molecule has 0 saturated heterocycles. The molecule has 0 aromatic heterocycles. The number of methoxy groups -OCH3 is 1. The average molecular weight is 370 g/mol. The van der Waals surface area contributed by atoms with Crippen LogP contribution in [0.5, 0.6) is 23.0 Å². The van der Waals surface area contributed by atoms with E-state index in [1.807, 2.05) is 13.1 Å². The Bertz CT molecular complexity index is 896. The van der Waals surface area contributed by atoms with Crippen molar-refractivity contribution < 1.29 is 24.5 Å². The van der Waals surface area contributed by atoms with Crippen LogP contribution >= 0.6 is 0 Å². The Morgan fingerprint density at radius 3 is 2.89 bits per heavy atom. The van der Waals surface area contributed by atoms with Gasteiger partial charge in [0.2, 0.25) is 12.5 Å². The minimum Gasteiger partial charge on any atom is -0.507 e. The van der Waals surface area contributed by atoms with Crippen molar-refractivity contribution in [1.29, 1.82) is 0 Å². The Morgan fingerprint density at radius 1 is 1.33 bits per heavy atom. The lowest BCUT2D eigenvalue weighted by Gasteiger charge is -2.36. The molecule has 2 aromatic carbocycles. The Morgan fingerprint density at radius 2 is 2.15 bits per heavy atom. The number of ether oxygens (including phenoxy) is 3. The summed E-state index contributed by atoms with van der Waals surface area (Å²) in [6.07, 6.45) is 1.27. The third kappa shape index (κ3) is 2.94. The van der Waals surface area contributed by atoms with Gasteiger partial charge in [0.05, 0.1) is 12.8 Å². The summed E-state index contributed by atoms with van der Waals surface area (Å²) < 4.78 is 16.9. The fourth-order valence-electron chi connectivity index (χ4n) is 3.89. The number of nitrogens with zero attached hydrogens (tertiary/aromatic N) is 2. The fourth-order valence-corrected chi connectivity index (χ4v) is 3.89. The SMILES string of the molecule is COc1c2c(cc3c1[C@@H](CC(=NO)c1ccccc1O)N(C)CC3)OCO2. The summed E-state index contributed by atoms with van der Waals surface area (Å²) >= 11 is 0. The first-order valence-corrected chi connectivity index (χ1v) is 8.83. The molecule has 4 rings (SSSR count). The summed E-state index contributed by atoms with van der Waals surface area (Å²) in [4.78, 5) is 2.19. The van der Waals surface area contributed by atoms with Gasteiger partial charge in [0.1, 0.15) is 5.75 Å². The summed E-state index contributed by atoms with van der Waals surface area (Å²) in [5.41, 5.74) is 3.07. The van der Waals surface area contributed by atoms with Crippen molar-refractivity contribution in [3.63, 3.8) is 0 Å². The van der Waals surface area contributed by atoms with Gasteiger partial charge in [-0.3, -0.25) is 4.90 Å². The molecule has 2 aromatic rings. The zero-order chi connectivity index (χ0) is 19.0. The minimum absolute atomic E-state index is 0.0848. The molecule has 0 fully saturated rings. The molecule has 0 aliphatic carbocycles. The van der Waals surface area contributed by atoms with Gasteiger partial charge in [0, 0.05) is 30.1 Å². The number of benzene rings is 2. The molecule has 27 heavy (non-hydrogen) atoms. The molecule has 0 spiro atoms. The van der Waals surface area contributed by atoms with Crippen molar-refractivity contribution in [3.05, 3.63) is 47.0 Å². The Kier molecular flexibility index (Phi) is 4.53. The maximum Gasteiger partial charge on any atom is 0.231 e. The van der Waals surface area contributed by atoms with E-state index in [4.69, 9.17) is 14.2 Å². The van der Waals surface area contributed by atoms with Crippen LogP contribution in [0.1, 0.15) is 29.2 Å². The van der Waals surface area contributed by atoms with Gasteiger partial charge in [-0.05, 0) is 37.2 Å². The molecular formula is C20H22N2O5. The van der Waals surface area contributed by atoms with Crippen molar-refractivity contribution in [2.45, 2.75) is 18.9 Å². The van der Waals surface area contributed by atoms with Gasteiger partial charge < -0.3 is 24.5 Å². The van der Waals surface area contributed by atoms with Crippen molar-refractivity contribution >= 4 is 5.71 Å². The molecule has 142 valence electrons. The van der Waals surface area contributed by atoms with Gasteiger partial charge in [0.15, 0.2) is 11.5 Å². The van der Waals surface area contributed by atoms with Crippen LogP contribution in [0.3, 0.4) is 0 Å². The molecule has 1 atom stereocenters. The monoisotopic (exact) mass is 370 g/mol. The average Bonchev–Trinajstić information content (AvgIpc) is 3.15. The summed E-state index contributed by atoms with van der Waals surface area (Å²) in [6, 6.07) is 8.78. The lowest BCUT2D eigenvalue weighted by Crippen LogP contribution is -2.34. The molecule has 0 radical (unpaired) electrons. The molecule has 2 heterocycles. The first kappa shape index (κ1) is 17.5. The van der Waals surface area contributed by atoms with Crippen LogP contribution < -0.4 is 14.2 Å². The molecule has 0 amide bonds. The first-order valence-electron chi connectivity index (χ1n) is 8.83. The van der Waals surface area contributed by atoms with E-state index < -0.39 is 0 Å². The predicted molar refractivity (Wildman–Crippen MR) is 99.2 cm³/mol. The quantitative estimate of drug-likeness (QED) is 0.489. The second-order valence-electron chi connectivity index (χ2n) is 6.73. The molecule has 0 unspecified atom stereocenters. The van der Waals surface area contributed by atoms with Crippen LogP contribution in [0.2, 0.25) is 0 Å². The lowest BCUT2D eigenvalue weighted by atomic mass is 9.87.